The summed E-state index contributed by atoms with van der Waals surface area (Å²) in [6.45, 7) is 11.8. The van der Waals surface area contributed by atoms with Crippen molar-refractivity contribution in [3.8, 4) is 0 Å². The van der Waals surface area contributed by atoms with Crippen molar-refractivity contribution < 1.29 is 0 Å². The van der Waals surface area contributed by atoms with E-state index in [4.69, 9.17) is 0 Å². The van der Waals surface area contributed by atoms with Crippen molar-refractivity contribution in [2.24, 2.45) is 5.41 Å². The minimum atomic E-state index is 0.299. The first kappa shape index (κ1) is 15.0. The molecule has 0 aromatic carbocycles. The SMILES string of the molecule is CCC(C)(C)N(C)C1CCCC(C)(C)C1NC. The molecule has 1 saturated carbocycles. The third-order valence-electron chi connectivity index (χ3n) is 5.18. The molecule has 1 fully saturated rings. The maximum absolute atomic E-state index is 3.58. The summed E-state index contributed by atoms with van der Waals surface area (Å²) < 4.78 is 0. The first-order valence-corrected chi connectivity index (χ1v) is 7.16. The predicted molar refractivity (Wildman–Crippen MR) is 76.4 cm³/mol. The van der Waals surface area contributed by atoms with Gasteiger partial charge in [-0.1, -0.05) is 27.2 Å². The minimum Gasteiger partial charge on any atom is -0.315 e. The van der Waals surface area contributed by atoms with Gasteiger partial charge in [0.15, 0.2) is 0 Å². The van der Waals surface area contributed by atoms with Crippen molar-refractivity contribution in [1.82, 2.24) is 10.2 Å². The average Bonchev–Trinajstić information content (AvgIpc) is 2.26. The van der Waals surface area contributed by atoms with E-state index in [-0.39, 0.29) is 0 Å². The van der Waals surface area contributed by atoms with Gasteiger partial charge in [0.1, 0.15) is 0 Å². The fourth-order valence-corrected chi connectivity index (χ4v) is 3.31. The highest BCUT2D eigenvalue weighted by molar-refractivity contribution is 4.99. The molecule has 0 amide bonds. The molecule has 17 heavy (non-hydrogen) atoms. The number of hydrogen-bond donors (Lipinski definition) is 1. The number of likely N-dealkylation sites (N-methyl/N-ethyl adjacent to an activating group) is 2. The van der Waals surface area contributed by atoms with Gasteiger partial charge in [-0.05, 0) is 52.6 Å². The molecule has 2 atom stereocenters. The van der Waals surface area contributed by atoms with Gasteiger partial charge in [0.05, 0.1) is 0 Å². The van der Waals surface area contributed by atoms with Crippen LogP contribution in [0.5, 0.6) is 0 Å². The van der Waals surface area contributed by atoms with Crippen LogP contribution in [0.3, 0.4) is 0 Å². The van der Waals surface area contributed by atoms with Gasteiger partial charge in [-0.25, -0.2) is 0 Å². The molecule has 0 heterocycles. The second kappa shape index (κ2) is 5.27. The van der Waals surface area contributed by atoms with Crippen LogP contribution in [0.15, 0.2) is 0 Å². The second-order valence-electron chi connectivity index (χ2n) is 6.99. The van der Waals surface area contributed by atoms with Crippen molar-refractivity contribution in [1.29, 1.82) is 0 Å². The Morgan fingerprint density at radius 1 is 1.35 bits per heavy atom. The van der Waals surface area contributed by atoms with Gasteiger partial charge < -0.3 is 5.32 Å². The summed E-state index contributed by atoms with van der Waals surface area (Å²) in [5.41, 5.74) is 0.711. The summed E-state index contributed by atoms with van der Waals surface area (Å²) in [5.74, 6) is 0. The highest BCUT2D eigenvalue weighted by atomic mass is 15.2. The quantitative estimate of drug-likeness (QED) is 0.811. The van der Waals surface area contributed by atoms with Gasteiger partial charge in [0.25, 0.3) is 0 Å². The molecule has 1 rings (SSSR count). The van der Waals surface area contributed by atoms with Crippen LogP contribution >= 0.6 is 0 Å². The molecule has 0 spiro atoms. The van der Waals surface area contributed by atoms with E-state index in [2.05, 4.69) is 58.9 Å². The van der Waals surface area contributed by atoms with Crippen LogP contribution in [-0.2, 0) is 0 Å². The van der Waals surface area contributed by atoms with Crippen LogP contribution in [0.25, 0.3) is 0 Å². The Morgan fingerprint density at radius 3 is 2.41 bits per heavy atom. The van der Waals surface area contributed by atoms with E-state index in [9.17, 15) is 0 Å². The fourth-order valence-electron chi connectivity index (χ4n) is 3.31. The summed E-state index contributed by atoms with van der Waals surface area (Å²) >= 11 is 0. The number of nitrogens with zero attached hydrogens (tertiary/aromatic N) is 1. The molecule has 1 aliphatic carbocycles. The van der Waals surface area contributed by atoms with Gasteiger partial charge in [-0.15, -0.1) is 0 Å². The lowest BCUT2D eigenvalue weighted by molar-refractivity contribution is 0.0110. The van der Waals surface area contributed by atoms with Crippen LogP contribution in [-0.4, -0.2) is 36.6 Å². The Hall–Kier alpha value is -0.0800. The van der Waals surface area contributed by atoms with Crippen molar-refractivity contribution in [3.05, 3.63) is 0 Å². The topological polar surface area (TPSA) is 15.3 Å². The lowest BCUT2D eigenvalue weighted by atomic mass is 9.69. The smallest absolute Gasteiger partial charge is 0.0271 e. The molecular formula is C15H32N2. The van der Waals surface area contributed by atoms with Gasteiger partial charge in [-0.2, -0.15) is 0 Å². The molecule has 0 saturated heterocycles. The zero-order valence-corrected chi connectivity index (χ0v) is 12.9. The van der Waals surface area contributed by atoms with Crippen molar-refractivity contribution in [2.45, 2.75) is 77.9 Å². The van der Waals surface area contributed by atoms with E-state index in [1.54, 1.807) is 0 Å². The molecule has 2 heteroatoms. The Morgan fingerprint density at radius 2 is 1.94 bits per heavy atom. The molecule has 0 radical (unpaired) electrons. The number of nitrogens with one attached hydrogen (secondary N) is 1. The lowest BCUT2D eigenvalue weighted by Crippen LogP contribution is -2.61. The summed E-state index contributed by atoms with van der Waals surface area (Å²) in [6, 6.07) is 1.27. The second-order valence-corrected chi connectivity index (χ2v) is 6.99. The van der Waals surface area contributed by atoms with Crippen molar-refractivity contribution in [2.75, 3.05) is 14.1 Å². The molecule has 1 aliphatic rings. The molecule has 0 aliphatic heterocycles. The Balaban J connectivity index is 2.88. The molecule has 0 bridgehead atoms. The van der Waals surface area contributed by atoms with Crippen LogP contribution in [0, 0.1) is 5.41 Å². The zero-order chi connectivity index (χ0) is 13.3. The highest BCUT2D eigenvalue weighted by Gasteiger charge is 2.42. The highest BCUT2D eigenvalue weighted by Crippen LogP contribution is 2.39. The normalized spacial score (nSPS) is 29.6. The largest absolute Gasteiger partial charge is 0.315 e. The van der Waals surface area contributed by atoms with Gasteiger partial charge in [0, 0.05) is 17.6 Å². The predicted octanol–water partition coefficient (Wildman–Crippen LogP) is 3.27. The number of rotatable bonds is 4. The van der Waals surface area contributed by atoms with Crippen LogP contribution in [0.1, 0.15) is 60.3 Å². The third kappa shape index (κ3) is 3.03. The first-order chi connectivity index (χ1) is 7.76. The molecule has 0 aromatic heterocycles. The number of hydrogen-bond acceptors (Lipinski definition) is 2. The Kier molecular flexibility index (Phi) is 4.65. The molecule has 1 N–H and O–H groups in total. The minimum absolute atomic E-state index is 0.299. The van der Waals surface area contributed by atoms with Crippen molar-refractivity contribution >= 4 is 0 Å². The van der Waals surface area contributed by atoms with E-state index < -0.39 is 0 Å². The maximum atomic E-state index is 3.58. The van der Waals surface area contributed by atoms with Crippen molar-refractivity contribution in [3.63, 3.8) is 0 Å². The van der Waals surface area contributed by atoms with E-state index in [1.165, 1.54) is 25.7 Å². The summed E-state index contributed by atoms with van der Waals surface area (Å²) in [6.07, 6.45) is 5.24. The summed E-state index contributed by atoms with van der Waals surface area (Å²) in [7, 11) is 4.43. The zero-order valence-electron chi connectivity index (χ0n) is 12.9. The van der Waals surface area contributed by atoms with Crippen LogP contribution < -0.4 is 5.32 Å². The standard InChI is InChI=1S/C15H32N2/c1-8-15(4,5)17(7)12-10-9-11-14(2,3)13(12)16-6/h12-13,16H,8-11H2,1-7H3. The Labute approximate surface area is 108 Å². The van der Waals surface area contributed by atoms with Gasteiger partial charge in [-0.3, -0.25) is 4.90 Å². The van der Waals surface area contributed by atoms with E-state index in [1.807, 2.05) is 0 Å². The van der Waals surface area contributed by atoms with Gasteiger partial charge in [0.2, 0.25) is 0 Å². The van der Waals surface area contributed by atoms with E-state index in [0.717, 1.165) is 0 Å². The molecule has 102 valence electrons. The summed E-state index contributed by atoms with van der Waals surface area (Å²) in [5, 5.41) is 3.58. The van der Waals surface area contributed by atoms with E-state index >= 15 is 0 Å². The fraction of sp³-hybridized carbons (Fsp3) is 1.00. The van der Waals surface area contributed by atoms with E-state index in [0.29, 0.717) is 23.0 Å². The Bertz CT molecular complexity index is 245. The molecule has 2 unspecified atom stereocenters. The first-order valence-electron chi connectivity index (χ1n) is 7.16. The third-order valence-corrected chi connectivity index (χ3v) is 5.18. The molecular weight excluding hydrogens is 208 g/mol. The molecule has 0 aromatic rings. The average molecular weight is 240 g/mol. The van der Waals surface area contributed by atoms with Crippen LogP contribution in [0.4, 0.5) is 0 Å². The maximum Gasteiger partial charge on any atom is 0.0271 e. The monoisotopic (exact) mass is 240 g/mol. The lowest BCUT2D eigenvalue weighted by Gasteiger charge is -2.51. The van der Waals surface area contributed by atoms with Gasteiger partial charge >= 0.3 is 0 Å². The van der Waals surface area contributed by atoms with Crippen LogP contribution in [0.2, 0.25) is 0 Å². The molecule has 2 nitrogen and oxygen atoms in total. The summed E-state index contributed by atoms with van der Waals surface area (Å²) in [4.78, 5) is 2.61.